The van der Waals surface area contributed by atoms with Crippen LogP contribution in [-0.4, -0.2) is 54.3 Å². The van der Waals surface area contributed by atoms with E-state index in [-0.39, 0.29) is 11.7 Å². The molecule has 150 valence electrons. The summed E-state index contributed by atoms with van der Waals surface area (Å²) in [6, 6.07) is 11.7. The third-order valence-corrected chi connectivity index (χ3v) is 7.59. The van der Waals surface area contributed by atoms with Crippen molar-refractivity contribution < 1.29 is 13.2 Å². The number of benzene rings is 1. The second-order valence-electron chi connectivity index (χ2n) is 7.82. The van der Waals surface area contributed by atoms with Crippen molar-refractivity contribution in [1.29, 1.82) is 0 Å². The maximum absolute atomic E-state index is 13.0. The van der Waals surface area contributed by atoms with E-state index in [0.717, 1.165) is 22.5 Å². The molecule has 6 nitrogen and oxygen atoms in total. The number of carbonyl (C=O) groups excluding carboxylic acids is 1. The highest BCUT2D eigenvalue weighted by Crippen LogP contribution is 2.38. The van der Waals surface area contributed by atoms with Gasteiger partial charge in [0.2, 0.25) is 10.0 Å². The molecule has 1 aliphatic carbocycles. The van der Waals surface area contributed by atoms with Crippen LogP contribution in [0, 0.1) is 13.8 Å². The number of aromatic nitrogens is 1. The Morgan fingerprint density at radius 2 is 1.68 bits per heavy atom. The van der Waals surface area contributed by atoms with Gasteiger partial charge in [0, 0.05) is 43.6 Å². The van der Waals surface area contributed by atoms with E-state index in [4.69, 9.17) is 0 Å². The number of carbonyl (C=O) groups is 1. The minimum Gasteiger partial charge on any atom is -0.345 e. The van der Waals surface area contributed by atoms with Crippen molar-refractivity contribution in [3.8, 4) is 0 Å². The van der Waals surface area contributed by atoms with Crippen molar-refractivity contribution >= 4 is 15.9 Å². The molecule has 0 radical (unpaired) electrons. The third-order valence-electron chi connectivity index (χ3n) is 5.74. The summed E-state index contributed by atoms with van der Waals surface area (Å²) in [6.07, 6.45) is 2.36. The molecule has 2 heterocycles. The summed E-state index contributed by atoms with van der Waals surface area (Å²) in [7, 11) is -3.37. The van der Waals surface area contributed by atoms with Crippen LogP contribution in [0.2, 0.25) is 0 Å². The SMILES string of the molecule is Cc1cc(C(=O)N2CCN(S(=O)(=O)Cc3ccccc3)CC2)c(C)n1C1CC1. The number of hydrogen-bond acceptors (Lipinski definition) is 3. The molecular formula is C21H27N3O3S. The first-order chi connectivity index (χ1) is 13.4. The second-order valence-corrected chi connectivity index (χ2v) is 9.79. The average molecular weight is 402 g/mol. The van der Waals surface area contributed by atoms with Crippen LogP contribution in [-0.2, 0) is 15.8 Å². The van der Waals surface area contributed by atoms with E-state index < -0.39 is 10.0 Å². The number of hydrogen-bond donors (Lipinski definition) is 0. The summed E-state index contributed by atoms with van der Waals surface area (Å²) in [5, 5.41) is 0. The van der Waals surface area contributed by atoms with Crippen molar-refractivity contribution in [2.45, 2.75) is 38.5 Å². The number of amides is 1. The molecule has 2 aromatic rings. The first-order valence-electron chi connectivity index (χ1n) is 9.86. The maximum Gasteiger partial charge on any atom is 0.255 e. The summed E-state index contributed by atoms with van der Waals surface area (Å²) < 4.78 is 29.2. The average Bonchev–Trinajstić information content (AvgIpc) is 3.46. The predicted octanol–water partition coefficient (Wildman–Crippen LogP) is 2.73. The fourth-order valence-electron chi connectivity index (χ4n) is 4.10. The van der Waals surface area contributed by atoms with E-state index in [9.17, 15) is 13.2 Å². The summed E-state index contributed by atoms with van der Waals surface area (Å²) in [5.74, 6) is 0.0183. The lowest BCUT2D eigenvalue weighted by molar-refractivity contribution is 0.0697. The second kappa shape index (κ2) is 7.37. The largest absolute Gasteiger partial charge is 0.345 e. The first-order valence-corrected chi connectivity index (χ1v) is 11.5. The fraction of sp³-hybridized carbons (Fsp3) is 0.476. The molecule has 2 aliphatic rings. The van der Waals surface area contributed by atoms with Gasteiger partial charge in [0.05, 0.1) is 11.3 Å². The molecule has 1 aliphatic heterocycles. The van der Waals surface area contributed by atoms with E-state index >= 15 is 0 Å². The molecule has 0 unspecified atom stereocenters. The van der Waals surface area contributed by atoms with Crippen LogP contribution in [0.15, 0.2) is 36.4 Å². The van der Waals surface area contributed by atoms with Gasteiger partial charge in [-0.3, -0.25) is 4.79 Å². The van der Waals surface area contributed by atoms with Crippen LogP contribution in [0.1, 0.15) is 46.2 Å². The van der Waals surface area contributed by atoms with Gasteiger partial charge in [0.25, 0.3) is 5.91 Å². The highest BCUT2D eigenvalue weighted by atomic mass is 32.2. The Morgan fingerprint density at radius 1 is 1.04 bits per heavy atom. The number of piperazine rings is 1. The molecular weight excluding hydrogens is 374 g/mol. The van der Waals surface area contributed by atoms with E-state index in [1.165, 1.54) is 17.1 Å². The zero-order valence-electron chi connectivity index (χ0n) is 16.5. The first kappa shape index (κ1) is 19.2. The standard InChI is InChI=1S/C21H27N3O3S/c1-16-14-20(17(2)24(16)19-8-9-19)21(25)22-10-12-23(13-11-22)28(26,27)15-18-6-4-3-5-7-18/h3-7,14,19H,8-13,15H2,1-2H3. The Morgan fingerprint density at radius 3 is 2.29 bits per heavy atom. The summed E-state index contributed by atoms with van der Waals surface area (Å²) in [6.45, 7) is 5.62. The predicted molar refractivity (Wildman–Crippen MR) is 109 cm³/mol. The van der Waals surface area contributed by atoms with Gasteiger partial charge in [-0.1, -0.05) is 30.3 Å². The molecule has 0 atom stereocenters. The number of nitrogens with zero attached hydrogens (tertiary/aromatic N) is 3. The van der Waals surface area contributed by atoms with Crippen molar-refractivity contribution in [2.24, 2.45) is 0 Å². The van der Waals surface area contributed by atoms with Gasteiger partial charge in [-0.2, -0.15) is 4.31 Å². The highest BCUT2D eigenvalue weighted by molar-refractivity contribution is 7.88. The van der Waals surface area contributed by atoms with Crippen molar-refractivity contribution in [3.05, 3.63) is 58.9 Å². The Labute approximate surface area is 166 Å². The number of sulfonamides is 1. The summed E-state index contributed by atoms with van der Waals surface area (Å²) in [5.41, 5.74) is 3.70. The molecule has 1 saturated carbocycles. The third kappa shape index (κ3) is 3.73. The Kier molecular flexibility index (Phi) is 5.05. The summed E-state index contributed by atoms with van der Waals surface area (Å²) in [4.78, 5) is 14.8. The molecule has 28 heavy (non-hydrogen) atoms. The van der Waals surface area contributed by atoms with Crippen molar-refractivity contribution in [3.63, 3.8) is 0 Å². The van der Waals surface area contributed by atoms with Gasteiger partial charge in [-0.05, 0) is 38.3 Å². The minimum absolute atomic E-state index is 0.00429. The number of rotatable bonds is 5. The lowest BCUT2D eigenvalue weighted by atomic mass is 10.2. The van der Waals surface area contributed by atoms with Crippen LogP contribution in [0.5, 0.6) is 0 Å². The molecule has 0 N–H and O–H groups in total. The monoisotopic (exact) mass is 401 g/mol. The van der Waals surface area contributed by atoms with Gasteiger partial charge < -0.3 is 9.47 Å². The molecule has 1 saturated heterocycles. The normalized spacial score (nSPS) is 18.4. The zero-order valence-corrected chi connectivity index (χ0v) is 17.3. The van der Waals surface area contributed by atoms with Crippen LogP contribution >= 0.6 is 0 Å². The van der Waals surface area contributed by atoms with Crippen LogP contribution in [0.25, 0.3) is 0 Å². The minimum atomic E-state index is -3.37. The van der Waals surface area contributed by atoms with Crippen molar-refractivity contribution in [2.75, 3.05) is 26.2 Å². The summed E-state index contributed by atoms with van der Waals surface area (Å²) >= 11 is 0. The molecule has 2 fully saturated rings. The molecule has 1 amide bonds. The van der Waals surface area contributed by atoms with Gasteiger partial charge in [0.15, 0.2) is 0 Å². The highest BCUT2D eigenvalue weighted by Gasteiger charge is 2.32. The Bertz CT molecular complexity index is 970. The topological polar surface area (TPSA) is 62.6 Å². The van der Waals surface area contributed by atoms with Crippen molar-refractivity contribution in [1.82, 2.24) is 13.8 Å². The van der Waals surface area contributed by atoms with Gasteiger partial charge in [0.1, 0.15) is 0 Å². The van der Waals surface area contributed by atoms with E-state index in [2.05, 4.69) is 11.5 Å². The van der Waals surface area contributed by atoms with Gasteiger partial charge in [-0.25, -0.2) is 8.42 Å². The lowest BCUT2D eigenvalue weighted by Crippen LogP contribution is -2.50. The smallest absolute Gasteiger partial charge is 0.255 e. The van der Waals surface area contributed by atoms with Crippen LogP contribution in [0.4, 0.5) is 0 Å². The maximum atomic E-state index is 13.0. The van der Waals surface area contributed by atoms with Gasteiger partial charge in [-0.15, -0.1) is 0 Å². The van der Waals surface area contributed by atoms with Gasteiger partial charge >= 0.3 is 0 Å². The Balaban J connectivity index is 1.41. The number of aryl methyl sites for hydroxylation is 1. The van der Waals surface area contributed by atoms with E-state index in [1.807, 2.05) is 43.3 Å². The molecule has 1 aromatic heterocycles. The van der Waals surface area contributed by atoms with E-state index in [1.54, 1.807) is 4.90 Å². The molecule has 1 aromatic carbocycles. The molecule has 4 rings (SSSR count). The van der Waals surface area contributed by atoms with Crippen LogP contribution in [0.3, 0.4) is 0 Å². The quantitative estimate of drug-likeness (QED) is 0.774. The lowest BCUT2D eigenvalue weighted by Gasteiger charge is -2.34. The fourth-order valence-corrected chi connectivity index (χ4v) is 5.62. The Hall–Kier alpha value is -2.12. The van der Waals surface area contributed by atoms with E-state index in [0.29, 0.717) is 32.2 Å². The van der Waals surface area contributed by atoms with Crippen LogP contribution < -0.4 is 0 Å². The molecule has 0 spiro atoms. The molecule has 0 bridgehead atoms. The molecule has 7 heteroatoms. The zero-order chi connectivity index (χ0) is 19.9.